The van der Waals surface area contributed by atoms with Crippen LogP contribution in [0, 0.1) is 0 Å². The van der Waals surface area contributed by atoms with E-state index in [0.717, 1.165) is 36.9 Å². The minimum Gasteiger partial charge on any atom is -0.370 e. The molecule has 0 amide bonds. The van der Waals surface area contributed by atoms with Crippen molar-refractivity contribution in [3.63, 3.8) is 0 Å². The molecule has 2 rings (SSSR count). The molecule has 0 aliphatic carbocycles. The molecule has 0 aromatic heterocycles. The summed E-state index contributed by atoms with van der Waals surface area (Å²) in [4.78, 5) is 8.76. The van der Waals surface area contributed by atoms with Gasteiger partial charge in [0.05, 0.1) is 5.75 Å². The number of anilines is 1. The van der Waals surface area contributed by atoms with E-state index in [1.54, 1.807) is 14.0 Å². The van der Waals surface area contributed by atoms with Gasteiger partial charge in [0.25, 0.3) is 0 Å². The highest BCUT2D eigenvalue weighted by atomic mass is 127. The van der Waals surface area contributed by atoms with Gasteiger partial charge in [-0.25, -0.2) is 12.7 Å². The van der Waals surface area contributed by atoms with Crippen LogP contribution in [0.5, 0.6) is 0 Å². The number of nitrogens with two attached hydrogens (primary N) is 1. The summed E-state index contributed by atoms with van der Waals surface area (Å²) >= 11 is 5.93. The first-order chi connectivity index (χ1) is 12.3. The van der Waals surface area contributed by atoms with Crippen LogP contribution in [0.25, 0.3) is 0 Å². The van der Waals surface area contributed by atoms with E-state index in [1.165, 1.54) is 4.31 Å². The second-order valence-electron chi connectivity index (χ2n) is 6.27. The highest BCUT2D eigenvalue weighted by molar-refractivity contribution is 14.0. The van der Waals surface area contributed by atoms with Crippen LogP contribution in [-0.2, 0) is 10.0 Å². The third-order valence-corrected chi connectivity index (χ3v) is 6.65. The monoisotopic (exact) mass is 529 g/mol. The third kappa shape index (κ3) is 7.28. The van der Waals surface area contributed by atoms with Crippen molar-refractivity contribution >= 4 is 57.2 Å². The van der Waals surface area contributed by atoms with Crippen LogP contribution >= 0.6 is 35.6 Å². The van der Waals surface area contributed by atoms with Crippen molar-refractivity contribution in [3.05, 3.63) is 29.3 Å². The van der Waals surface area contributed by atoms with Gasteiger partial charge < -0.3 is 15.5 Å². The molecule has 7 nitrogen and oxygen atoms in total. The Kier molecular flexibility index (Phi) is 10.1. The lowest BCUT2D eigenvalue weighted by Crippen LogP contribution is -2.51. The van der Waals surface area contributed by atoms with Crippen molar-refractivity contribution in [2.45, 2.75) is 13.3 Å². The molecular formula is C17H29ClIN5O2S. The molecule has 1 heterocycles. The van der Waals surface area contributed by atoms with E-state index in [-0.39, 0.29) is 29.7 Å². The van der Waals surface area contributed by atoms with E-state index in [2.05, 4.69) is 14.8 Å². The predicted octanol–water partition coefficient (Wildman–Crippen LogP) is 2.07. The second-order valence-corrected chi connectivity index (χ2v) is 9.07. The molecule has 0 bridgehead atoms. The van der Waals surface area contributed by atoms with Crippen molar-refractivity contribution in [2.75, 3.05) is 57.0 Å². The molecule has 1 aliphatic heterocycles. The summed E-state index contributed by atoms with van der Waals surface area (Å²) in [6.07, 6.45) is 0.654. The van der Waals surface area contributed by atoms with Gasteiger partial charge >= 0.3 is 0 Å². The zero-order chi connectivity index (χ0) is 19.2. The van der Waals surface area contributed by atoms with E-state index in [9.17, 15) is 8.42 Å². The summed E-state index contributed by atoms with van der Waals surface area (Å²) in [5.74, 6) is 0.647. The lowest BCUT2D eigenvalue weighted by atomic mass is 10.2. The molecule has 1 aliphatic rings. The molecule has 2 N–H and O–H groups in total. The van der Waals surface area contributed by atoms with Crippen LogP contribution in [0.3, 0.4) is 0 Å². The average Bonchev–Trinajstić information content (AvgIpc) is 2.65. The summed E-state index contributed by atoms with van der Waals surface area (Å²) in [6.45, 7) is 5.98. The average molecular weight is 530 g/mol. The maximum atomic E-state index is 11.7. The smallest absolute Gasteiger partial charge is 0.213 e. The van der Waals surface area contributed by atoms with Gasteiger partial charge in [0, 0.05) is 57.0 Å². The van der Waals surface area contributed by atoms with Gasteiger partial charge in [0.15, 0.2) is 5.96 Å². The number of sulfonamides is 1. The number of nitrogens with zero attached hydrogens (tertiary/aromatic N) is 4. The second kappa shape index (κ2) is 11.3. The van der Waals surface area contributed by atoms with E-state index in [1.807, 2.05) is 24.3 Å². The third-order valence-electron chi connectivity index (χ3n) is 4.54. The summed E-state index contributed by atoms with van der Waals surface area (Å²) in [6, 6.07) is 7.84. The maximum absolute atomic E-state index is 11.7. The van der Waals surface area contributed by atoms with Gasteiger partial charge in [-0.3, -0.25) is 4.99 Å². The van der Waals surface area contributed by atoms with E-state index in [0.29, 0.717) is 25.5 Å². The number of aliphatic imine (C=N–C) groups is 1. The van der Waals surface area contributed by atoms with Gasteiger partial charge in [0.2, 0.25) is 10.0 Å². The Bertz CT molecular complexity index is 707. The van der Waals surface area contributed by atoms with Gasteiger partial charge in [-0.2, -0.15) is 0 Å². The summed E-state index contributed by atoms with van der Waals surface area (Å²) in [5.41, 5.74) is 7.25. The molecule has 0 atom stereocenters. The Balaban J connectivity index is 0.00000364. The Morgan fingerprint density at radius 2 is 1.81 bits per heavy atom. The van der Waals surface area contributed by atoms with Gasteiger partial charge in [-0.1, -0.05) is 11.6 Å². The molecule has 1 saturated heterocycles. The first kappa shape index (κ1) is 24.3. The van der Waals surface area contributed by atoms with Crippen LogP contribution < -0.4 is 10.6 Å². The minimum absolute atomic E-state index is 0. The Morgan fingerprint density at radius 1 is 1.22 bits per heavy atom. The van der Waals surface area contributed by atoms with Crippen LogP contribution in [0.15, 0.2) is 29.3 Å². The molecule has 0 radical (unpaired) electrons. The Labute approximate surface area is 184 Å². The summed E-state index contributed by atoms with van der Waals surface area (Å²) < 4.78 is 24.8. The Hall–Kier alpha value is -0.780. The number of piperazine rings is 1. The number of halogens is 2. The molecular weight excluding hydrogens is 501 g/mol. The molecule has 27 heavy (non-hydrogen) atoms. The molecule has 1 aromatic carbocycles. The van der Waals surface area contributed by atoms with Gasteiger partial charge in [-0.15, -0.1) is 24.0 Å². The molecule has 154 valence electrons. The molecule has 0 unspecified atom stereocenters. The number of benzene rings is 1. The normalized spacial score (nSPS) is 15.8. The fraction of sp³-hybridized carbons (Fsp3) is 0.588. The lowest BCUT2D eigenvalue weighted by Gasteiger charge is -2.36. The van der Waals surface area contributed by atoms with Crippen molar-refractivity contribution in [1.29, 1.82) is 0 Å². The minimum atomic E-state index is -3.13. The highest BCUT2D eigenvalue weighted by Gasteiger charge is 2.18. The Morgan fingerprint density at radius 3 is 2.37 bits per heavy atom. The maximum Gasteiger partial charge on any atom is 0.213 e. The number of hydrogen-bond acceptors (Lipinski definition) is 4. The molecule has 0 spiro atoms. The standard InChI is InChI=1S/C17H28ClN5O2S.HI/c1-3-26(24,25)21(2)10-4-9-20-17(19)23-13-11-22(12-14-23)16-7-5-15(18)6-8-16;/h5-8H,3-4,9-14H2,1-2H3,(H2,19,20);1H. The van der Waals surface area contributed by atoms with E-state index >= 15 is 0 Å². The van der Waals surface area contributed by atoms with E-state index < -0.39 is 10.0 Å². The topological polar surface area (TPSA) is 82.2 Å². The predicted molar refractivity (Wildman–Crippen MR) is 124 cm³/mol. The zero-order valence-electron chi connectivity index (χ0n) is 15.8. The first-order valence-corrected chi connectivity index (χ1v) is 10.8. The van der Waals surface area contributed by atoms with Crippen LogP contribution in [0.1, 0.15) is 13.3 Å². The SMILES string of the molecule is CCS(=O)(=O)N(C)CCCN=C(N)N1CCN(c2ccc(Cl)cc2)CC1.I. The first-order valence-electron chi connectivity index (χ1n) is 8.83. The summed E-state index contributed by atoms with van der Waals surface area (Å²) in [5, 5.41) is 0.737. The molecule has 0 saturated carbocycles. The molecule has 1 aromatic rings. The van der Waals surface area contributed by atoms with E-state index in [4.69, 9.17) is 17.3 Å². The number of guanidine groups is 1. The van der Waals surface area contributed by atoms with Crippen molar-refractivity contribution in [2.24, 2.45) is 10.7 Å². The van der Waals surface area contributed by atoms with Crippen molar-refractivity contribution in [3.8, 4) is 0 Å². The highest BCUT2D eigenvalue weighted by Crippen LogP contribution is 2.19. The lowest BCUT2D eigenvalue weighted by molar-refractivity contribution is 0.380. The van der Waals surface area contributed by atoms with Gasteiger partial charge in [0.1, 0.15) is 0 Å². The molecule has 1 fully saturated rings. The van der Waals surface area contributed by atoms with Crippen LogP contribution in [0.4, 0.5) is 5.69 Å². The van der Waals surface area contributed by atoms with Crippen LogP contribution in [-0.4, -0.2) is 75.7 Å². The van der Waals surface area contributed by atoms with Crippen LogP contribution in [0.2, 0.25) is 5.02 Å². The van der Waals surface area contributed by atoms with Crippen molar-refractivity contribution in [1.82, 2.24) is 9.21 Å². The zero-order valence-corrected chi connectivity index (χ0v) is 19.7. The fourth-order valence-electron chi connectivity index (χ4n) is 2.79. The number of hydrogen-bond donors (Lipinski definition) is 1. The van der Waals surface area contributed by atoms with Gasteiger partial charge in [-0.05, 0) is 37.6 Å². The molecule has 10 heteroatoms. The quantitative estimate of drug-likeness (QED) is 0.253. The van der Waals surface area contributed by atoms with Crippen molar-refractivity contribution < 1.29 is 8.42 Å². The fourth-order valence-corrected chi connectivity index (χ4v) is 3.77. The summed E-state index contributed by atoms with van der Waals surface area (Å²) in [7, 11) is -1.53. The number of rotatable bonds is 7. The largest absolute Gasteiger partial charge is 0.370 e.